The van der Waals surface area contributed by atoms with Gasteiger partial charge in [0.05, 0.1) is 25.0 Å². The van der Waals surface area contributed by atoms with E-state index in [0.29, 0.717) is 13.2 Å². The topological polar surface area (TPSA) is 52.6 Å². The highest BCUT2D eigenvalue weighted by Crippen LogP contribution is 2.32. The van der Waals surface area contributed by atoms with Crippen LogP contribution >= 0.6 is 0 Å². The van der Waals surface area contributed by atoms with Gasteiger partial charge >= 0.3 is 11.9 Å². The quantitative estimate of drug-likeness (QED) is 0.170. The smallest absolute Gasteiger partial charge is 0.309 e. The minimum atomic E-state index is -0.301. The van der Waals surface area contributed by atoms with Gasteiger partial charge in [-0.25, -0.2) is 0 Å². The van der Waals surface area contributed by atoms with Crippen LogP contribution in [-0.4, -0.2) is 25.2 Å². The predicted octanol–water partition coefficient (Wildman–Crippen LogP) is 7.38. The number of rotatable bonds is 18. The molecule has 2 unspecified atom stereocenters. The summed E-state index contributed by atoms with van der Waals surface area (Å²) in [6.07, 6.45) is 20.7. The van der Waals surface area contributed by atoms with Gasteiger partial charge in [0.25, 0.3) is 0 Å². The predicted molar refractivity (Wildman–Crippen MR) is 123 cm³/mol. The van der Waals surface area contributed by atoms with Crippen molar-refractivity contribution < 1.29 is 19.1 Å². The first-order chi connectivity index (χ1) is 14.7. The molecule has 1 fully saturated rings. The number of hydrogen-bond acceptors (Lipinski definition) is 4. The second-order valence-electron chi connectivity index (χ2n) is 9.08. The molecule has 0 amide bonds. The highest BCUT2D eigenvalue weighted by molar-refractivity contribution is 5.82. The van der Waals surface area contributed by atoms with Crippen molar-refractivity contribution in [3.8, 4) is 0 Å². The molecule has 4 nitrogen and oxygen atoms in total. The lowest BCUT2D eigenvalue weighted by molar-refractivity contribution is -0.163. The van der Waals surface area contributed by atoms with Gasteiger partial charge in [0.15, 0.2) is 0 Å². The van der Waals surface area contributed by atoms with Crippen LogP contribution in [0.4, 0.5) is 0 Å². The van der Waals surface area contributed by atoms with Gasteiger partial charge in [0.2, 0.25) is 0 Å². The summed E-state index contributed by atoms with van der Waals surface area (Å²) in [5, 5.41) is 0. The number of esters is 2. The molecule has 1 aliphatic carbocycles. The van der Waals surface area contributed by atoms with Crippen LogP contribution in [0.1, 0.15) is 129 Å². The monoisotopic (exact) mass is 424 g/mol. The van der Waals surface area contributed by atoms with Gasteiger partial charge < -0.3 is 9.47 Å². The Morgan fingerprint density at radius 3 is 1.33 bits per heavy atom. The molecule has 1 aliphatic rings. The maximum absolute atomic E-state index is 12.5. The van der Waals surface area contributed by atoms with E-state index >= 15 is 0 Å². The zero-order valence-electron chi connectivity index (χ0n) is 19.9. The highest BCUT2D eigenvalue weighted by atomic mass is 16.5. The first-order valence-electron chi connectivity index (χ1n) is 13.0. The molecule has 2 atom stereocenters. The Bertz CT molecular complexity index is 435. The zero-order valence-corrected chi connectivity index (χ0v) is 19.9. The Hall–Kier alpha value is -1.06. The van der Waals surface area contributed by atoms with Gasteiger partial charge in [-0.1, -0.05) is 104 Å². The fraction of sp³-hybridized carbons (Fsp3) is 0.923. The average molecular weight is 425 g/mol. The fourth-order valence-corrected chi connectivity index (χ4v) is 4.37. The Balaban J connectivity index is 2.10. The van der Waals surface area contributed by atoms with Crippen LogP contribution in [0.15, 0.2) is 0 Å². The summed E-state index contributed by atoms with van der Waals surface area (Å²) in [6.45, 7) is 5.35. The van der Waals surface area contributed by atoms with Gasteiger partial charge in [0, 0.05) is 0 Å². The lowest BCUT2D eigenvalue weighted by Crippen LogP contribution is -2.35. The van der Waals surface area contributed by atoms with E-state index in [1.165, 1.54) is 57.8 Å². The summed E-state index contributed by atoms with van der Waals surface area (Å²) in [5.41, 5.74) is 0. The van der Waals surface area contributed by atoms with Gasteiger partial charge in [-0.3, -0.25) is 9.59 Å². The molecule has 0 heterocycles. The Morgan fingerprint density at radius 2 is 0.900 bits per heavy atom. The largest absolute Gasteiger partial charge is 0.465 e. The standard InChI is InChI=1S/C26H48O4/c1-3-5-7-8-9-10-11-12-13-14-18-22-30-26(28)24-20-16-15-19-23(24)25(27)29-21-17-6-4-2/h23-24H,3-22H2,1-2H3. The molecular weight excluding hydrogens is 376 g/mol. The van der Waals surface area contributed by atoms with E-state index in [1.54, 1.807) is 0 Å². The summed E-state index contributed by atoms with van der Waals surface area (Å²) < 4.78 is 11.0. The highest BCUT2D eigenvalue weighted by Gasteiger charge is 2.37. The van der Waals surface area contributed by atoms with E-state index < -0.39 is 0 Å². The molecule has 0 aromatic heterocycles. The van der Waals surface area contributed by atoms with Crippen LogP contribution in [0.3, 0.4) is 0 Å². The first-order valence-corrected chi connectivity index (χ1v) is 13.0. The van der Waals surface area contributed by atoms with Crippen LogP contribution in [0, 0.1) is 11.8 Å². The van der Waals surface area contributed by atoms with Crippen LogP contribution < -0.4 is 0 Å². The van der Waals surface area contributed by atoms with E-state index in [4.69, 9.17) is 9.47 Å². The SMILES string of the molecule is CCCCCCCCCCCCCOC(=O)C1CCCCC1C(=O)OCCCCC. The molecule has 0 radical (unpaired) electrons. The number of carbonyl (C=O) groups excluding carboxylic acids is 2. The van der Waals surface area contributed by atoms with Crippen molar-refractivity contribution in [2.45, 2.75) is 129 Å². The van der Waals surface area contributed by atoms with Crippen molar-refractivity contribution >= 4 is 11.9 Å². The van der Waals surface area contributed by atoms with E-state index in [2.05, 4.69) is 13.8 Å². The van der Waals surface area contributed by atoms with Gasteiger partial charge in [-0.05, 0) is 25.7 Å². The molecule has 0 aromatic rings. The van der Waals surface area contributed by atoms with Crippen LogP contribution in [0.2, 0.25) is 0 Å². The molecule has 30 heavy (non-hydrogen) atoms. The van der Waals surface area contributed by atoms with E-state index in [0.717, 1.165) is 57.8 Å². The number of hydrogen-bond donors (Lipinski definition) is 0. The molecule has 0 aromatic carbocycles. The molecule has 1 saturated carbocycles. The Morgan fingerprint density at radius 1 is 0.567 bits per heavy atom. The molecule has 1 rings (SSSR count). The van der Waals surface area contributed by atoms with Crippen molar-refractivity contribution in [1.29, 1.82) is 0 Å². The molecule has 0 spiro atoms. The molecule has 176 valence electrons. The number of carbonyl (C=O) groups is 2. The molecule has 0 N–H and O–H groups in total. The minimum absolute atomic E-state index is 0.183. The summed E-state index contributed by atoms with van der Waals surface area (Å²) >= 11 is 0. The molecule has 0 saturated heterocycles. The lowest BCUT2D eigenvalue weighted by atomic mass is 9.79. The number of ether oxygens (including phenoxy) is 2. The maximum Gasteiger partial charge on any atom is 0.309 e. The van der Waals surface area contributed by atoms with Crippen LogP contribution in [0.25, 0.3) is 0 Å². The fourth-order valence-electron chi connectivity index (χ4n) is 4.37. The van der Waals surface area contributed by atoms with Gasteiger partial charge in [0.1, 0.15) is 0 Å². The maximum atomic E-state index is 12.5. The Kier molecular flexibility index (Phi) is 16.8. The third-order valence-corrected chi connectivity index (χ3v) is 6.36. The summed E-state index contributed by atoms with van der Waals surface area (Å²) in [6, 6.07) is 0. The van der Waals surface area contributed by atoms with Crippen molar-refractivity contribution in [1.82, 2.24) is 0 Å². The molecular formula is C26H48O4. The van der Waals surface area contributed by atoms with Crippen LogP contribution in [-0.2, 0) is 19.1 Å². The third-order valence-electron chi connectivity index (χ3n) is 6.36. The van der Waals surface area contributed by atoms with E-state index in [1.807, 2.05) is 0 Å². The summed E-state index contributed by atoms with van der Waals surface area (Å²) in [5.74, 6) is -0.977. The second-order valence-corrected chi connectivity index (χ2v) is 9.08. The Labute approximate surface area is 185 Å². The summed E-state index contributed by atoms with van der Waals surface area (Å²) in [4.78, 5) is 25.0. The minimum Gasteiger partial charge on any atom is -0.465 e. The average Bonchev–Trinajstić information content (AvgIpc) is 2.77. The van der Waals surface area contributed by atoms with Crippen molar-refractivity contribution in [2.75, 3.05) is 13.2 Å². The molecule has 0 aliphatic heterocycles. The zero-order chi connectivity index (χ0) is 21.9. The molecule has 4 heteroatoms. The molecule has 0 bridgehead atoms. The van der Waals surface area contributed by atoms with Crippen molar-refractivity contribution in [2.24, 2.45) is 11.8 Å². The van der Waals surface area contributed by atoms with Gasteiger partial charge in [-0.2, -0.15) is 0 Å². The lowest BCUT2D eigenvalue weighted by Gasteiger charge is -2.28. The normalized spacial score (nSPS) is 18.9. The van der Waals surface area contributed by atoms with E-state index in [9.17, 15) is 9.59 Å². The van der Waals surface area contributed by atoms with Crippen molar-refractivity contribution in [3.05, 3.63) is 0 Å². The van der Waals surface area contributed by atoms with Gasteiger partial charge in [-0.15, -0.1) is 0 Å². The van der Waals surface area contributed by atoms with E-state index in [-0.39, 0.29) is 23.8 Å². The third kappa shape index (κ3) is 12.6. The first kappa shape index (κ1) is 27.0. The van der Waals surface area contributed by atoms with Crippen LogP contribution in [0.5, 0.6) is 0 Å². The second kappa shape index (κ2) is 18.7. The van der Waals surface area contributed by atoms with Crippen molar-refractivity contribution in [3.63, 3.8) is 0 Å². The summed E-state index contributed by atoms with van der Waals surface area (Å²) in [7, 11) is 0. The number of unbranched alkanes of at least 4 members (excludes halogenated alkanes) is 12.